The van der Waals surface area contributed by atoms with Gasteiger partial charge in [0.1, 0.15) is 0 Å². The van der Waals surface area contributed by atoms with Crippen LogP contribution in [0.3, 0.4) is 0 Å². The lowest BCUT2D eigenvalue weighted by atomic mass is 9.87. The quantitative estimate of drug-likeness (QED) is 0.745. The molecule has 0 aliphatic rings. The van der Waals surface area contributed by atoms with Crippen molar-refractivity contribution in [1.29, 1.82) is 0 Å². The molecule has 0 aromatic heterocycles. The molecule has 1 atom stereocenters. The van der Waals surface area contributed by atoms with E-state index in [4.69, 9.17) is 15.2 Å². The standard InChI is InChI=1S/C17H28N2O3.ClH/c1-17(2,3)15(18)16(20)19-10-6-7-12-8-9-13(21-4)14(11-12)22-5;/h8-9,11,15H,6-7,10,18H2,1-5H3,(H,19,20);1H/t15-;/m1./s1. The van der Waals surface area contributed by atoms with E-state index in [1.165, 1.54) is 0 Å². The van der Waals surface area contributed by atoms with Crippen LogP contribution in [-0.4, -0.2) is 32.7 Å². The number of aryl methyl sites for hydroxylation is 1. The molecule has 0 spiro atoms. The fourth-order valence-corrected chi connectivity index (χ4v) is 2.04. The summed E-state index contributed by atoms with van der Waals surface area (Å²) in [6.07, 6.45) is 1.70. The van der Waals surface area contributed by atoms with Crippen molar-refractivity contribution in [3.8, 4) is 11.5 Å². The average Bonchev–Trinajstić information content (AvgIpc) is 2.49. The van der Waals surface area contributed by atoms with Gasteiger partial charge >= 0.3 is 0 Å². The lowest BCUT2D eigenvalue weighted by Gasteiger charge is -2.25. The van der Waals surface area contributed by atoms with Crippen LogP contribution in [0, 0.1) is 5.41 Å². The zero-order valence-electron chi connectivity index (χ0n) is 14.6. The van der Waals surface area contributed by atoms with E-state index < -0.39 is 6.04 Å². The van der Waals surface area contributed by atoms with Gasteiger partial charge in [0.2, 0.25) is 5.91 Å². The molecule has 0 aliphatic heterocycles. The molecular weight excluding hydrogens is 316 g/mol. The monoisotopic (exact) mass is 344 g/mol. The molecule has 0 heterocycles. The third kappa shape index (κ3) is 6.67. The molecule has 132 valence electrons. The maximum atomic E-state index is 11.9. The summed E-state index contributed by atoms with van der Waals surface area (Å²) in [5.41, 5.74) is 6.83. The topological polar surface area (TPSA) is 73.6 Å². The van der Waals surface area contributed by atoms with Crippen molar-refractivity contribution in [1.82, 2.24) is 5.32 Å². The van der Waals surface area contributed by atoms with Crippen molar-refractivity contribution < 1.29 is 14.3 Å². The molecule has 5 nitrogen and oxygen atoms in total. The Morgan fingerprint density at radius 3 is 2.35 bits per heavy atom. The van der Waals surface area contributed by atoms with Gasteiger partial charge in [-0.1, -0.05) is 26.8 Å². The maximum Gasteiger partial charge on any atom is 0.237 e. The number of methoxy groups -OCH3 is 2. The van der Waals surface area contributed by atoms with Crippen molar-refractivity contribution in [2.24, 2.45) is 11.1 Å². The van der Waals surface area contributed by atoms with Gasteiger partial charge in [-0.3, -0.25) is 4.79 Å². The number of nitrogens with two attached hydrogens (primary N) is 1. The van der Waals surface area contributed by atoms with E-state index in [1.54, 1.807) is 14.2 Å². The summed E-state index contributed by atoms with van der Waals surface area (Å²) in [5, 5.41) is 2.89. The largest absolute Gasteiger partial charge is 0.493 e. The van der Waals surface area contributed by atoms with E-state index in [9.17, 15) is 4.79 Å². The minimum Gasteiger partial charge on any atom is -0.493 e. The number of ether oxygens (including phenoxy) is 2. The van der Waals surface area contributed by atoms with Crippen LogP contribution in [-0.2, 0) is 11.2 Å². The van der Waals surface area contributed by atoms with Crippen LogP contribution in [0.4, 0.5) is 0 Å². The lowest BCUT2D eigenvalue weighted by molar-refractivity contribution is -0.124. The fraction of sp³-hybridized carbons (Fsp3) is 0.588. The summed E-state index contributed by atoms with van der Waals surface area (Å²) in [7, 11) is 3.24. The van der Waals surface area contributed by atoms with E-state index in [2.05, 4.69) is 5.32 Å². The number of amides is 1. The van der Waals surface area contributed by atoms with Gasteiger partial charge < -0.3 is 20.5 Å². The molecule has 0 radical (unpaired) electrons. The zero-order valence-corrected chi connectivity index (χ0v) is 15.5. The number of halogens is 1. The SMILES string of the molecule is COc1ccc(CCCNC(=O)[C@@H](N)C(C)(C)C)cc1OC.Cl. The zero-order chi connectivity index (χ0) is 16.8. The first-order chi connectivity index (χ1) is 10.3. The molecule has 0 fully saturated rings. The van der Waals surface area contributed by atoms with Crippen LogP contribution in [0.1, 0.15) is 32.8 Å². The predicted octanol–water partition coefficient (Wildman–Crippen LogP) is 2.55. The van der Waals surface area contributed by atoms with Crippen LogP contribution in [0.2, 0.25) is 0 Å². The van der Waals surface area contributed by atoms with Gasteiger partial charge in [0.25, 0.3) is 0 Å². The molecule has 0 saturated carbocycles. The molecular formula is C17H29ClN2O3. The van der Waals surface area contributed by atoms with Crippen LogP contribution in [0.15, 0.2) is 18.2 Å². The molecule has 0 saturated heterocycles. The average molecular weight is 345 g/mol. The molecule has 23 heavy (non-hydrogen) atoms. The highest BCUT2D eigenvalue weighted by molar-refractivity contribution is 5.85. The second-order valence-corrected chi connectivity index (χ2v) is 6.43. The number of rotatable bonds is 7. The lowest BCUT2D eigenvalue weighted by Crippen LogP contribution is -2.48. The number of carbonyl (C=O) groups is 1. The van der Waals surface area contributed by atoms with Crippen LogP contribution in [0.25, 0.3) is 0 Å². The Labute approximate surface area is 145 Å². The highest BCUT2D eigenvalue weighted by atomic mass is 35.5. The Bertz CT molecular complexity index is 501. The minimum absolute atomic E-state index is 0. The van der Waals surface area contributed by atoms with Gasteiger partial charge in [0.15, 0.2) is 11.5 Å². The van der Waals surface area contributed by atoms with E-state index >= 15 is 0 Å². The minimum atomic E-state index is -0.492. The number of nitrogens with one attached hydrogen (secondary N) is 1. The van der Waals surface area contributed by atoms with Gasteiger partial charge in [-0.2, -0.15) is 0 Å². The Balaban J connectivity index is 0.00000484. The summed E-state index contributed by atoms with van der Waals surface area (Å²) >= 11 is 0. The Morgan fingerprint density at radius 1 is 1.22 bits per heavy atom. The highest BCUT2D eigenvalue weighted by Gasteiger charge is 2.26. The first kappa shape index (κ1) is 21.5. The third-order valence-corrected chi connectivity index (χ3v) is 3.60. The van der Waals surface area contributed by atoms with Crippen LogP contribution in [0.5, 0.6) is 11.5 Å². The number of hydrogen-bond acceptors (Lipinski definition) is 4. The molecule has 3 N–H and O–H groups in total. The molecule has 1 rings (SSSR count). The first-order valence-electron chi connectivity index (χ1n) is 7.53. The molecule has 1 aromatic rings. The van der Waals surface area contributed by atoms with E-state index in [1.807, 2.05) is 39.0 Å². The second kappa shape index (κ2) is 9.63. The fourth-order valence-electron chi connectivity index (χ4n) is 2.04. The van der Waals surface area contributed by atoms with Crippen molar-refractivity contribution in [2.75, 3.05) is 20.8 Å². The van der Waals surface area contributed by atoms with Crippen molar-refractivity contribution in [3.05, 3.63) is 23.8 Å². The number of carbonyl (C=O) groups excluding carboxylic acids is 1. The van der Waals surface area contributed by atoms with E-state index in [0.717, 1.165) is 29.9 Å². The van der Waals surface area contributed by atoms with Gasteiger partial charge in [0.05, 0.1) is 20.3 Å². The van der Waals surface area contributed by atoms with Gasteiger partial charge in [-0.15, -0.1) is 12.4 Å². The maximum absolute atomic E-state index is 11.9. The van der Waals surface area contributed by atoms with Crippen molar-refractivity contribution in [3.63, 3.8) is 0 Å². The Kier molecular flexibility index (Phi) is 9.02. The van der Waals surface area contributed by atoms with Gasteiger partial charge in [0, 0.05) is 6.54 Å². The van der Waals surface area contributed by atoms with Crippen molar-refractivity contribution in [2.45, 2.75) is 39.7 Å². The Morgan fingerprint density at radius 2 is 1.83 bits per heavy atom. The van der Waals surface area contributed by atoms with Gasteiger partial charge in [-0.25, -0.2) is 0 Å². The first-order valence-corrected chi connectivity index (χ1v) is 7.53. The third-order valence-electron chi connectivity index (χ3n) is 3.60. The predicted molar refractivity (Wildman–Crippen MR) is 95.6 cm³/mol. The molecule has 1 amide bonds. The highest BCUT2D eigenvalue weighted by Crippen LogP contribution is 2.27. The van der Waals surface area contributed by atoms with E-state index in [-0.39, 0.29) is 23.7 Å². The smallest absolute Gasteiger partial charge is 0.237 e. The second-order valence-electron chi connectivity index (χ2n) is 6.43. The van der Waals surface area contributed by atoms with Crippen LogP contribution < -0.4 is 20.5 Å². The number of hydrogen-bond donors (Lipinski definition) is 2. The van der Waals surface area contributed by atoms with Crippen LogP contribution >= 0.6 is 12.4 Å². The summed E-state index contributed by atoms with van der Waals surface area (Å²) in [6, 6.07) is 5.36. The molecule has 0 aliphatic carbocycles. The molecule has 1 aromatic carbocycles. The van der Waals surface area contributed by atoms with Gasteiger partial charge in [-0.05, 0) is 36.0 Å². The molecule has 0 bridgehead atoms. The molecule has 6 heteroatoms. The van der Waals surface area contributed by atoms with Crippen molar-refractivity contribution >= 4 is 18.3 Å². The summed E-state index contributed by atoms with van der Waals surface area (Å²) < 4.78 is 10.5. The molecule has 0 unspecified atom stereocenters. The summed E-state index contributed by atoms with van der Waals surface area (Å²) in [6.45, 7) is 6.49. The van der Waals surface area contributed by atoms with E-state index in [0.29, 0.717) is 6.54 Å². The number of benzene rings is 1. The summed E-state index contributed by atoms with van der Waals surface area (Å²) in [4.78, 5) is 11.9. The normalized spacial score (nSPS) is 12.1. The Hall–Kier alpha value is -1.46. The summed E-state index contributed by atoms with van der Waals surface area (Å²) in [5.74, 6) is 1.34.